The SMILES string of the molecule is C=CCc1cc(C(=O)Nc2cccc(C(C)=O)c2)ccc1OC. The summed E-state index contributed by atoms with van der Waals surface area (Å²) in [6.45, 7) is 5.20. The molecule has 23 heavy (non-hydrogen) atoms. The Morgan fingerprint density at radius 1 is 1.17 bits per heavy atom. The maximum Gasteiger partial charge on any atom is 0.255 e. The fourth-order valence-corrected chi connectivity index (χ4v) is 2.25. The highest BCUT2D eigenvalue weighted by molar-refractivity contribution is 6.05. The van der Waals surface area contributed by atoms with E-state index in [2.05, 4.69) is 11.9 Å². The van der Waals surface area contributed by atoms with Crippen molar-refractivity contribution in [2.24, 2.45) is 0 Å². The van der Waals surface area contributed by atoms with Crippen LogP contribution in [0.5, 0.6) is 5.75 Å². The molecule has 0 fully saturated rings. The standard InChI is InChI=1S/C19H19NO3/c1-4-6-15-11-16(9-10-18(15)23-3)19(22)20-17-8-5-7-14(12-17)13(2)21/h4-5,7-12H,1,6H2,2-3H3,(H,20,22). The van der Waals surface area contributed by atoms with Gasteiger partial charge in [-0.05, 0) is 49.2 Å². The first-order chi connectivity index (χ1) is 11.0. The normalized spacial score (nSPS) is 10.0. The molecule has 0 atom stereocenters. The van der Waals surface area contributed by atoms with Crippen LogP contribution in [-0.2, 0) is 6.42 Å². The fraction of sp³-hybridized carbons (Fsp3) is 0.158. The third-order valence-corrected chi connectivity index (χ3v) is 3.43. The van der Waals surface area contributed by atoms with E-state index in [-0.39, 0.29) is 11.7 Å². The molecule has 0 aliphatic carbocycles. The molecular formula is C19H19NO3. The van der Waals surface area contributed by atoms with Crippen molar-refractivity contribution in [3.8, 4) is 5.75 Å². The number of hydrogen-bond acceptors (Lipinski definition) is 3. The Balaban J connectivity index is 2.23. The maximum atomic E-state index is 12.4. The van der Waals surface area contributed by atoms with Crippen LogP contribution < -0.4 is 10.1 Å². The fourth-order valence-electron chi connectivity index (χ4n) is 2.25. The number of carbonyl (C=O) groups is 2. The van der Waals surface area contributed by atoms with Gasteiger partial charge in [0.2, 0.25) is 0 Å². The van der Waals surface area contributed by atoms with Gasteiger partial charge in [-0.15, -0.1) is 6.58 Å². The second-order valence-electron chi connectivity index (χ2n) is 5.11. The van der Waals surface area contributed by atoms with Gasteiger partial charge in [0.15, 0.2) is 5.78 Å². The smallest absolute Gasteiger partial charge is 0.255 e. The van der Waals surface area contributed by atoms with Gasteiger partial charge in [0.05, 0.1) is 7.11 Å². The van der Waals surface area contributed by atoms with Crippen molar-refractivity contribution in [1.29, 1.82) is 0 Å². The van der Waals surface area contributed by atoms with Crippen LogP contribution in [0.15, 0.2) is 55.1 Å². The number of carbonyl (C=O) groups excluding carboxylic acids is 2. The number of allylic oxidation sites excluding steroid dienone is 1. The summed E-state index contributed by atoms with van der Waals surface area (Å²) < 4.78 is 5.28. The monoisotopic (exact) mass is 309 g/mol. The van der Waals surface area contributed by atoms with Crippen molar-refractivity contribution in [1.82, 2.24) is 0 Å². The summed E-state index contributed by atoms with van der Waals surface area (Å²) in [7, 11) is 1.59. The van der Waals surface area contributed by atoms with E-state index in [9.17, 15) is 9.59 Å². The molecule has 4 heteroatoms. The predicted molar refractivity (Wildman–Crippen MR) is 91.3 cm³/mol. The summed E-state index contributed by atoms with van der Waals surface area (Å²) in [5.74, 6) is 0.442. The quantitative estimate of drug-likeness (QED) is 0.651. The molecule has 0 aliphatic rings. The number of ether oxygens (including phenoxy) is 1. The zero-order valence-corrected chi connectivity index (χ0v) is 13.3. The lowest BCUT2D eigenvalue weighted by atomic mass is 10.1. The lowest BCUT2D eigenvalue weighted by molar-refractivity contribution is 0.101. The van der Waals surface area contributed by atoms with E-state index in [1.54, 1.807) is 55.7 Å². The molecule has 1 N–H and O–H groups in total. The number of benzene rings is 2. The number of rotatable bonds is 6. The number of anilines is 1. The average Bonchev–Trinajstić information content (AvgIpc) is 2.55. The van der Waals surface area contributed by atoms with Gasteiger partial charge >= 0.3 is 0 Å². The molecule has 0 radical (unpaired) electrons. The van der Waals surface area contributed by atoms with E-state index in [1.807, 2.05) is 0 Å². The Morgan fingerprint density at radius 3 is 2.61 bits per heavy atom. The van der Waals surface area contributed by atoms with Gasteiger partial charge in [0.25, 0.3) is 5.91 Å². The van der Waals surface area contributed by atoms with Crippen molar-refractivity contribution in [3.63, 3.8) is 0 Å². The van der Waals surface area contributed by atoms with Crippen LogP contribution in [0.25, 0.3) is 0 Å². The Bertz CT molecular complexity index is 750. The van der Waals surface area contributed by atoms with Gasteiger partial charge < -0.3 is 10.1 Å². The van der Waals surface area contributed by atoms with Gasteiger partial charge in [-0.2, -0.15) is 0 Å². The van der Waals surface area contributed by atoms with Crippen LogP contribution in [0.1, 0.15) is 33.2 Å². The van der Waals surface area contributed by atoms with E-state index in [0.717, 1.165) is 11.3 Å². The highest BCUT2D eigenvalue weighted by atomic mass is 16.5. The first-order valence-corrected chi connectivity index (χ1v) is 7.25. The second-order valence-corrected chi connectivity index (χ2v) is 5.11. The summed E-state index contributed by atoms with van der Waals surface area (Å²) in [6, 6.07) is 12.1. The second kappa shape index (κ2) is 7.40. The molecule has 2 aromatic carbocycles. The molecule has 118 valence electrons. The lowest BCUT2D eigenvalue weighted by Gasteiger charge is -2.10. The van der Waals surface area contributed by atoms with Crippen molar-refractivity contribution >= 4 is 17.4 Å². The summed E-state index contributed by atoms with van der Waals surface area (Å²) in [4.78, 5) is 23.8. The molecule has 1 amide bonds. The van der Waals surface area contributed by atoms with Crippen LogP contribution in [0.2, 0.25) is 0 Å². The number of methoxy groups -OCH3 is 1. The third-order valence-electron chi connectivity index (χ3n) is 3.43. The highest BCUT2D eigenvalue weighted by Crippen LogP contribution is 2.21. The third kappa shape index (κ3) is 4.07. The molecular weight excluding hydrogens is 290 g/mol. The minimum atomic E-state index is -0.237. The van der Waals surface area contributed by atoms with Gasteiger partial charge in [0.1, 0.15) is 5.75 Å². The Morgan fingerprint density at radius 2 is 1.96 bits per heavy atom. The molecule has 4 nitrogen and oxygen atoms in total. The minimum Gasteiger partial charge on any atom is -0.496 e. The van der Waals surface area contributed by atoms with E-state index < -0.39 is 0 Å². The Kier molecular flexibility index (Phi) is 5.31. The first-order valence-electron chi connectivity index (χ1n) is 7.25. The van der Waals surface area contributed by atoms with Gasteiger partial charge in [-0.1, -0.05) is 18.2 Å². The van der Waals surface area contributed by atoms with Crippen LogP contribution in [0.4, 0.5) is 5.69 Å². The van der Waals surface area contributed by atoms with Gasteiger partial charge in [-0.25, -0.2) is 0 Å². The van der Waals surface area contributed by atoms with Gasteiger partial charge in [-0.3, -0.25) is 9.59 Å². The number of hydrogen-bond donors (Lipinski definition) is 1. The van der Waals surface area contributed by atoms with Crippen LogP contribution in [0, 0.1) is 0 Å². The zero-order valence-electron chi connectivity index (χ0n) is 13.3. The van der Waals surface area contributed by atoms with E-state index in [0.29, 0.717) is 23.2 Å². The molecule has 0 heterocycles. The van der Waals surface area contributed by atoms with E-state index >= 15 is 0 Å². The van der Waals surface area contributed by atoms with Crippen molar-refractivity contribution in [3.05, 3.63) is 71.8 Å². The molecule has 0 aliphatic heterocycles. The van der Waals surface area contributed by atoms with Crippen LogP contribution >= 0.6 is 0 Å². The van der Waals surface area contributed by atoms with Gasteiger partial charge in [0, 0.05) is 16.8 Å². The first kappa shape index (κ1) is 16.5. The molecule has 0 bridgehead atoms. The van der Waals surface area contributed by atoms with E-state index in [1.165, 1.54) is 6.92 Å². The molecule has 2 rings (SSSR count). The summed E-state index contributed by atoms with van der Waals surface area (Å²) in [5.41, 5.74) is 2.57. The molecule has 0 saturated carbocycles. The van der Waals surface area contributed by atoms with Crippen molar-refractivity contribution in [2.45, 2.75) is 13.3 Å². The summed E-state index contributed by atoms with van der Waals surface area (Å²) >= 11 is 0. The number of nitrogens with one attached hydrogen (secondary N) is 1. The maximum absolute atomic E-state index is 12.4. The average molecular weight is 309 g/mol. The Hall–Kier alpha value is -2.88. The number of Topliss-reactive ketones (excluding diaryl/α,β-unsaturated/α-hetero) is 1. The molecule has 0 unspecified atom stereocenters. The molecule has 2 aromatic rings. The largest absolute Gasteiger partial charge is 0.496 e. The molecule has 0 saturated heterocycles. The number of ketones is 1. The molecule has 0 spiro atoms. The predicted octanol–water partition coefficient (Wildman–Crippen LogP) is 3.88. The summed E-state index contributed by atoms with van der Waals surface area (Å²) in [5, 5.41) is 2.80. The highest BCUT2D eigenvalue weighted by Gasteiger charge is 2.10. The van der Waals surface area contributed by atoms with E-state index in [4.69, 9.17) is 4.74 Å². The summed E-state index contributed by atoms with van der Waals surface area (Å²) in [6.07, 6.45) is 2.37. The van der Waals surface area contributed by atoms with Crippen molar-refractivity contribution in [2.75, 3.05) is 12.4 Å². The van der Waals surface area contributed by atoms with Crippen LogP contribution in [-0.4, -0.2) is 18.8 Å². The topological polar surface area (TPSA) is 55.4 Å². The number of amides is 1. The minimum absolute atomic E-state index is 0.0428. The Labute approximate surface area is 135 Å². The van der Waals surface area contributed by atoms with Crippen LogP contribution in [0.3, 0.4) is 0 Å². The van der Waals surface area contributed by atoms with Crippen molar-refractivity contribution < 1.29 is 14.3 Å². The molecule has 0 aromatic heterocycles. The zero-order chi connectivity index (χ0) is 16.8. The lowest BCUT2D eigenvalue weighted by Crippen LogP contribution is -2.12.